The number of rotatable bonds is 6. The number of aryl methyl sites for hydroxylation is 1. The molecule has 138 valence electrons. The minimum absolute atomic E-state index is 0.0491. The summed E-state index contributed by atoms with van der Waals surface area (Å²) in [6.07, 6.45) is 1.20. The topological polar surface area (TPSA) is 63.2 Å². The lowest BCUT2D eigenvalue weighted by Crippen LogP contribution is -2.48. The Balaban J connectivity index is 1.86. The molecule has 6 heteroatoms. The summed E-state index contributed by atoms with van der Waals surface area (Å²) in [6.45, 7) is 7.30. The third kappa shape index (κ3) is 5.74. The quantitative estimate of drug-likeness (QED) is 0.370. The molecular weight excluding hydrogens is 318 g/mol. The molecule has 0 saturated carbocycles. The molecule has 0 amide bonds. The molecule has 0 radical (unpaired) electrons. The highest BCUT2D eigenvalue weighted by molar-refractivity contribution is 5.80. The molecule has 1 atom stereocenters. The van der Waals surface area contributed by atoms with Gasteiger partial charge in [0.05, 0.1) is 19.8 Å². The van der Waals surface area contributed by atoms with Gasteiger partial charge >= 0.3 is 5.97 Å². The molecule has 25 heavy (non-hydrogen) atoms. The van der Waals surface area contributed by atoms with Crippen LogP contribution < -0.4 is 5.32 Å². The van der Waals surface area contributed by atoms with Crippen LogP contribution in [0.15, 0.2) is 29.3 Å². The van der Waals surface area contributed by atoms with E-state index in [2.05, 4.69) is 34.3 Å². The van der Waals surface area contributed by atoms with Gasteiger partial charge in [0.2, 0.25) is 0 Å². The summed E-state index contributed by atoms with van der Waals surface area (Å²) in [7, 11) is 1.78. The maximum atomic E-state index is 11.4. The molecule has 1 heterocycles. The average Bonchev–Trinajstić information content (AvgIpc) is 2.62. The van der Waals surface area contributed by atoms with Gasteiger partial charge in [0.25, 0.3) is 0 Å². The summed E-state index contributed by atoms with van der Waals surface area (Å²) in [5, 5.41) is 3.34. The molecule has 1 aromatic rings. The predicted octanol–water partition coefficient (Wildman–Crippen LogP) is 2.29. The van der Waals surface area contributed by atoms with Gasteiger partial charge in [-0.3, -0.25) is 9.79 Å². The maximum Gasteiger partial charge on any atom is 0.305 e. The lowest BCUT2D eigenvalue weighted by atomic mass is 10.0. The highest BCUT2D eigenvalue weighted by Gasteiger charge is 2.24. The first kappa shape index (κ1) is 19.2. The molecule has 6 nitrogen and oxygen atoms in total. The van der Waals surface area contributed by atoms with Gasteiger partial charge in [-0.25, -0.2) is 0 Å². The van der Waals surface area contributed by atoms with Crippen LogP contribution in [0.1, 0.15) is 37.0 Å². The van der Waals surface area contributed by atoms with Gasteiger partial charge in [-0.2, -0.15) is 0 Å². The van der Waals surface area contributed by atoms with Gasteiger partial charge in [-0.1, -0.05) is 24.3 Å². The SMILES string of the molecule is CCOC(=O)CCCNC(=NC)N1CCOC(c2ccccc2C)C1. The number of guanidine groups is 1. The first-order chi connectivity index (χ1) is 12.2. The molecule has 1 N–H and O–H groups in total. The van der Waals surface area contributed by atoms with E-state index in [0.717, 1.165) is 25.5 Å². The molecule has 1 saturated heterocycles. The number of ether oxygens (including phenoxy) is 2. The van der Waals surface area contributed by atoms with E-state index in [1.54, 1.807) is 7.05 Å². The second-order valence-electron chi connectivity index (χ2n) is 6.04. The lowest BCUT2D eigenvalue weighted by Gasteiger charge is -2.35. The lowest BCUT2D eigenvalue weighted by molar-refractivity contribution is -0.143. The molecule has 0 bridgehead atoms. The van der Waals surface area contributed by atoms with E-state index in [9.17, 15) is 4.79 Å². The van der Waals surface area contributed by atoms with E-state index >= 15 is 0 Å². The van der Waals surface area contributed by atoms with Gasteiger partial charge in [-0.15, -0.1) is 0 Å². The van der Waals surface area contributed by atoms with E-state index in [1.807, 2.05) is 19.1 Å². The molecule has 0 spiro atoms. The van der Waals surface area contributed by atoms with E-state index < -0.39 is 0 Å². The Morgan fingerprint density at radius 1 is 1.44 bits per heavy atom. The Labute approximate surface area is 150 Å². The molecule has 1 aromatic carbocycles. The Bertz CT molecular complexity index is 589. The largest absolute Gasteiger partial charge is 0.466 e. The van der Waals surface area contributed by atoms with Gasteiger partial charge in [0.1, 0.15) is 6.10 Å². The summed E-state index contributed by atoms with van der Waals surface area (Å²) >= 11 is 0. The molecule has 0 aliphatic carbocycles. The molecule has 1 fully saturated rings. The zero-order valence-electron chi connectivity index (χ0n) is 15.5. The summed E-state index contributed by atoms with van der Waals surface area (Å²) in [5.74, 6) is 0.705. The van der Waals surface area contributed by atoms with Crippen LogP contribution in [0.4, 0.5) is 0 Å². The summed E-state index contributed by atoms with van der Waals surface area (Å²) in [4.78, 5) is 18.0. The van der Waals surface area contributed by atoms with Crippen LogP contribution in [0, 0.1) is 6.92 Å². The van der Waals surface area contributed by atoms with Crippen LogP contribution in [0.5, 0.6) is 0 Å². The fourth-order valence-electron chi connectivity index (χ4n) is 2.98. The van der Waals surface area contributed by atoms with Crippen molar-refractivity contribution in [3.05, 3.63) is 35.4 Å². The second-order valence-corrected chi connectivity index (χ2v) is 6.04. The molecule has 1 aliphatic heterocycles. The highest BCUT2D eigenvalue weighted by atomic mass is 16.5. The molecule has 0 aromatic heterocycles. The van der Waals surface area contributed by atoms with Crippen molar-refractivity contribution in [3.8, 4) is 0 Å². The standard InChI is InChI=1S/C19H29N3O3/c1-4-24-18(23)10-7-11-21-19(20-3)22-12-13-25-17(14-22)16-9-6-5-8-15(16)2/h5-6,8-9,17H,4,7,10-14H2,1-3H3,(H,20,21). The van der Waals surface area contributed by atoms with Crippen LogP contribution in [-0.2, 0) is 14.3 Å². The van der Waals surface area contributed by atoms with Crippen LogP contribution in [-0.4, -0.2) is 56.7 Å². The number of aliphatic imine (C=N–C) groups is 1. The Morgan fingerprint density at radius 2 is 2.24 bits per heavy atom. The zero-order chi connectivity index (χ0) is 18.1. The third-order valence-electron chi connectivity index (χ3n) is 4.26. The Morgan fingerprint density at radius 3 is 2.96 bits per heavy atom. The monoisotopic (exact) mass is 347 g/mol. The van der Waals surface area contributed by atoms with Gasteiger partial charge in [-0.05, 0) is 31.4 Å². The molecule has 1 unspecified atom stereocenters. The number of carbonyl (C=O) groups excluding carboxylic acids is 1. The Hall–Kier alpha value is -2.08. The number of morpholine rings is 1. The highest BCUT2D eigenvalue weighted by Crippen LogP contribution is 2.24. The number of nitrogens with zero attached hydrogens (tertiary/aromatic N) is 2. The van der Waals surface area contributed by atoms with E-state index in [0.29, 0.717) is 26.2 Å². The number of esters is 1. The maximum absolute atomic E-state index is 11.4. The molecular formula is C19H29N3O3. The van der Waals surface area contributed by atoms with E-state index in [4.69, 9.17) is 9.47 Å². The number of nitrogens with one attached hydrogen (secondary N) is 1. The number of hydrogen-bond acceptors (Lipinski definition) is 4. The second kappa shape index (κ2) is 10.0. The van der Waals surface area contributed by atoms with Crippen molar-refractivity contribution in [2.45, 2.75) is 32.8 Å². The van der Waals surface area contributed by atoms with E-state index in [-0.39, 0.29) is 12.1 Å². The Kier molecular flexibility index (Phi) is 7.73. The van der Waals surface area contributed by atoms with Gasteiger partial charge in [0, 0.05) is 26.6 Å². The first-order valence-corrected chi connectivity index (χ1v) is 8.94. The van der Waals surface area contributed by atoms with Crippen molar-refractivity contribution in [1.82, 2.24) is 10.2 Å². The van der Waals surface area contributed by atoms with Crippen molar-refractivity contribution in [2.24, 2.45) is 4.99 Å². The summed E-state index contributed by atoms with van der Waals surface area (Å²) < 4.78 is 10.9. The predicted molar refractivity (Wildman–Crippen MR) is 98.7 cm³/mol. The van der Waals surface area contributed by atoms with Crippen molar-refractivity contribution < 1.29 is 14.3 Å². The number of carbonyl (C=O) groups is 1. The minimum Gasteiger partial charge on any atom is -0.466 e. The normalized spacial score (nSPS) is 18.1. The number of hydrogen-bond donors (Lipinski definition) is 1. The average molecular weight is 347 g/mol. The van der Waals surface area contributed by atoms with Crippen LogP contribution in [0.2, 0.25) is 0 Å². The fraction of sp³-hybridized carbons (Fsp3) is 0.579. The third-order valence-corrected chi connectivity index (χ3v) is 4.26. The van der Waals surface area contributed by atoms with Crippen molar-refractivity contribution in [2.75, 3.05) is 39.9 Å². The summed E-state index contributed by atoms with van der Waals surface area (Å²) in [6, 6.07) is 8.33. The van der Waals surface area contributed by atoms with E-state index in [1.165, 1.54) is 11.1 Å². The van der Waals surface area contributed by atoms with Crippen molar-refractivity contribution >= 4 is 11.9 Å². The van der Waals surface area contributed by atoms with Crippen LogP contribution in [0.3, 0.4) is 0 Å². The first-order valence-electron chi connectivity index (χ1n) is 8.94. The van der Waals surface area contributed by atoms with Crippen LogP contribution >= 0.6 is 0 Å². The van der Waals surface area contributed by atoms with Crippen molar-refractivity contribution in [1.29, 1.82) is 0 Å². The fourth-order valence-corrected chi connectivity index (χ4v) is 2.98. The zero-order valence-corrected chi connectivity index (χ0v) is 15.5. The van der Waals surface area contributed by atoms with Crippen LogP contribution in [0.25, 0.3) is 0 Å². The number of benzene rings is 1. The smallest absolute Gasteiger partial charge is 0.305 e. The van der Waals surface area contributed by atoms with Gasteiger partial charge in [0.15, 0.2) is 5.96 Å². The minimum atomic E-state index is -0.148. The van der Waals surface area contributed by atoms with Crippen molar-refractivity contribution in [3.63, 3.8) is 0 Å². The van der Waals surface area contributed by atoms with Gasteiger partial charge < -0.3 is 19.7 Å². The summed E-state index contributed by atoms with van der Waals surface area (Å²) in [5.41, 5.74) is 2.47. The molecule has 1 aliphatic rings. The molecule has 2 rings (SSSR count).